The third-order valence-electron chi connectivity index (χ3n) is 2.42. The molecule has 6 heteroatoms. The minimum Gasteiger partial charge on any atom is -0.322 e. The van der Waals surface area contributed by atoms with Crippen LogP contribution >= 0.6 is 11.3 Å². The zero-order chi connectivity index (χ0) is 12.4. The maximum absolute atomic E-state index is 5.80. The van der Waals surface area contributed by atoms with Gasteiger partial charge in [0.05, 0.1) is 6.04 Å². The van der Waals surface area contributed by atoms with Crippen LogP contribution in [0, 0.1) is 0 Å². The van der Waals surface area contributed by atoms with Gasteiger partial charge in [0.1, 0.15) is 10.7 Å². The van der Waals surface area contributed by atoms with E-state index in [9.17, 15) is 0 Å². The summed E-state index contributed by atoms with van der Waals surface area (Å²) in [7, 11) is 1.90. The lowest BCUT2D eigenvalue weighted by Crippen LogP contribution is -2.04. The van der Waals surface area contributed by atoms with Gasteiger partial charge in [0.2, 0.25) is 0 Å². The van der Waals surface area contributed by atoms with Crippen molar-refractivity contribution >= 4 is 11.3 Å². The van der Waals surface area contributed by atoms with Crippen molar-refractivity contribution in [3.8, 4) is 11.5 Å². The second-order valence-electron chi connectivity index (χ2n) is 4.08. The van der Waals surface area contributed by atoms with Crippen LogP contribution in [-0.4, -0.2) is 19.7 Å². The topological polar surface area (TPSA) is 69.6 Å². The minimum absolute atomic E-state index is 0.0305. The van der Waals surface area contributed by atoms with Gasteiger partial charge in [-0.05, 0) is 13.3 Å². The van der Waals surface area contributed by atoms with Gasteiger partial charge in [-0.15, -0.1) is 11.3 Å². The van der Waals surface area contributed by atoms with Crippen LogP contribution in [0.25, 0.3) is 11.5 Å². The van der Waals surface area contributed by atoms with E-state index >= 15 is 0 Å². The van der Waals surface area contributed by atoms with E-state index in [-0.39, 0.29) is 6.04 Å². The summed E-state index contributed by atoms with van der Waals surface area (Å²) in [5, 5.41) is 7.28. The summed E-state index contributed by atoms with van der Waals surface area (Å²) in [5.74, 6) is 1.69. The van der Waals surface area contributed by atoms with Crippen molar-refractivity contribution in [3.63, 3.8) is 0 Å². The molecule has 0 radical (unpaired) electrons. The molecule has 2 heterocycles. The predicted octanol–water partition coefficient (Wildman–Crippen LogP) is 1.91. The monoisotopic (exact) mass is 251 g/mol. The molecule has 0 spiro atoms. The van der Waals surface area contributed by atoms with E-state index in [1.54, 1.807) is 16.0 Å². The number of hydrogen-bond donors (Lipinski definition) is 1. The molecule has 0 bridgehead atoms. The van der Waals surface area contributed by atoms with Crippen molar-refractivity contribution in [2.75, 3.05) is 0 Å². The predicted molar refractivity (Wildman–Crippen MR) is 68.7 cm³/mol. The van der Waals surface area contributed by atoms with E-state index in [0.717, 1.165) is 35.2 Å². The van der Waals surface area contributed by atoms with Crippen molar-refractivity contribution in [1.29, 1.82) is 0 Å². The number of aromatic nitrogens is 4. The molecule has 0 aliphatic heterocycles. The van der Waals surface area contributed by atoms with Crippen LogP contribution in [0.4, 0.5) is 0 Å². The first kappa shape index (κ1) is 12.2. The molecule has 0 aromatic carbocycles. The first-order valence-corrected chi connectivity index (χ1v) is 6.61. The van der Waals surface area contributed by atoms with Crippen LogP contribution in [0.15, 0.2) is 5.38 Å². The van der Waals surface area contributed by atoms with Crippen molar-refractivity contribution in [2.24, 2.45) is 12.8 Å². The van der Waals surface area contributed by atoms with Crippen molar-refractivity contribution < 1.29 is 0 Å². The van der Waals surface area contributed by atoms with Gasteiger partial charge in [-0.1, -0.05) is 6.92 Å². The summed E-state index contributed by atoms with van der Waals surface area (Å²) in [4.78, 5) is 8.98. The van der Waals surface area contributed by atoms with Gasteiger partial charge in [0.15, 0.2) is 11.6 Å². The van der Waals surface area contributed by atoms with Crippen LogP contribution in [0.5, 0.6) is 0 Å². The molecule has 2 aromatic heterocycles. The van der Waals surface area contributed by atoms with E-state index in [4.69, 9.17) is 5.73 Å². The lowest BCUT2D eigenvalue weighted by molar-refractivity contribution is 0.735. The van der Waals surface area contributed by atoms with Gasteiger partial charge in [-0.3, -0.25) is 0 Å². The summed E-state index contributed by atoms with van der Waals surface area (Å²) < 4.78 is 1.78. The molecule has 2 N–H and O–H groups in total. The van der Waals surface area contributed by atoms with Gasteiger partial charge in [0, 0.05) is 18.8 Å². The zero-order valence-electron chi connectivity index (χ0n) is 10.3. The lowest BCUT2D eigenvalue weighted by Gasteiger charge is -1.97. The number of aryl methyl sites for hydroxylation is 2. The molecule has 0 aliphatic rings. The van der Waals surface area contributed by atoms with E-state index < -0.39 is 0 Å². The number of hydrogen-bond acceptors (Lipinski definition) is 5. The summed E-state index contributed by atoms with van der Waals surface area (Å²) >= 11 is 1.57. The van der Waals surface area contributed by atoms with Crippen LogP contribution in [0.3, 0.4) is 0 Å². The highest BCUT2D eigenvalue weighted by Crippen LogP contribution is 2.23. The highest BCUT2D eigenvalue weighted by atomic mass is 32.1. The van der Waals surface area contributed by atoms with Gasteiger partial charge >= 0.3 is 0 Å². The Bertz CT molecular complexity index is 500. The van der Waals surface area contributed by atoms with Gasteiger partial charge < -0.3 is 5.73 Å². The summed E-state index contributed by atoms with van der Waals surface area (Å²) in [5.41, 5.74) is 6.66. The summed E-state index contributed by atoms with van der Waals surface area (Å²) in [6, 6.07) is -0.0305. The molecule has 0 amide bonds. The SMILES string of the molecule is CCCc1nc(-c2csc(C(C)N)n2)n(C)n1. The fraction of sp³-hybridized carbons (Fsp3) is 0.545. The molecule has 0 fully saturated rings. The Labute approximate surface area is 105 Å². The first-order valence-electron chi connectivity index (χ1n) is 5.73. The van der Waals surface area contributed by atoms with Crippen LogP contribution in [0.1, 0.15) is 37.1 Å². The second kappa shape index (κ2) is 4.93. The van der Waals surface area contributed by atoms with Gasteiger partial charge in [-0.2, -0.15) is 5.10 Å². The van der Waals surface area contributed by atoms with Gasteiger partial charge in [-0.25, -0.2) is 14.6 Å². The molecule has 2 aromatic rings. The first-order chi connectivity index (χ1) is 8.11. The van der Waals surface area contributed by atoms with E-state index in [1.807, 2.05) is 19.4 Å². The van der Waals surface area contributed by atoms with Crippen LogP contribution in [0.2, 0.25) is 0 Å². The van der Waals surface area contributed by atoms with Crippen molar-refractivity contribution in [3.05, 3.63) is 16.2 Å². The van der Waals surface area contributed by atoms with Crippen LogP contribution in [-0.2, 0) is 13.5 Å². The maximum Gasteiger partial charge on any atom is 0.177 e. The standard InChI is InChI=1S/C11H17N5S/c1-4-5-9-14-10(16(3)15-9)8-6-17-11(13-8)7(2)12/h6-7H,4-5,12H2,1-3H3. The number of rotatable bonds is 4. The van der Waals surface area contributed by atoms with Crippen molar-refractivity contribution in [2.45, 2.75) is 32.7 Å². The van der Waals surface area contributed by atoms with Crippen molar-refractivity contribution in [1.82, 2.24) is 19.7 Å². The average molecular weight is 251 g/mol. The molecule has 1 atom stereocenters. The highest BCUT2D eigenvalue weighted by molar-refractivity contribution is 7.10. The van der Waals surface area contributed by atoms with E-state index in [0.29, 0.717) is 0 Å². The molecular formula is C11H17N5S. The Kier molecular flexibility index (Phi) is 3.54. The smallest absolute Gasteiger partial charge is 0.177 e. The highest BCUT2D eigenvalue weighted by Gasteiger charge is 2.13. The number of nitrogens with two attached hydrogens (primary N) is 1. The zero-order valence-corrected chi connectivity index (χ0v) is 11.2. The average Bonchev–Trinajstić information content (AvgIpc) is 2.85. The molecule has 0 aliphatic carbocycles. The summed E-state index contributed by atoms with van der Waals surface area (Å²) in [6.07, 6.45) is 1.95. The molecule has 17 heavy (non-hydrogen) atoms. The molecule has 92 valence electrons. The Balaban J connectivity index is 2.31. The third kappa shape index (κ3) is 2.53. The summed E-state index contributed by atoms with van der Waals surface area (Å²) in [6.45, 7) is 4.05. The molecule has 5 nitrogen and oxygen atoms in total. The van der Waals surface area contributed by atoms with E-state index in [2.05, 4.69) is 22.0 Å². The molecule has 1 unspecified atom stereocenters. The number of thiazole rings is 1. The minimum atomic E-state index is -0.0305. The van der Waals surface area contributed by atoms with Gasteiger partial charge in [0.25, 0.3) is 0 Å². The third-order valence-corrected chi connectivity index (χ3v) is 3.47. The Morgan fingerprint density at radius 1 is 1.47 bits per heavy atom. The fourth-order valence-corrected chi connectivity index (χ4v) is 2.35. The van der Waals surface area contributed by atoms with Crippen LogP contribution < -0.4 is 5.73 Å². The maximum atomic E-state index is 5.80. The van der Waals surface area contributed by atoms with E-state index in [1.165, 1.54) is 0 Å². The molecule has 0 saturated heterocycles. The fourth-order valence-electron chi connectivity index (χ4n) is 1.59. The Morgan fingerprint density at radius 3 is 2.82 bits per heavy atom. The largest absolute Gasteiger partial charge is 0.322 e. The number of nitrogens with zero attached hydrogens (tertiary/aromatic N) is 4. The molecule has 0 saturated carbocycles. The second-order valence-corrected chi connectivity index (χ2v) is 4.97. The molecular weight excluding hydrogens is 234 g/mol. The lowest BCUT2D eigenvalue weighted by atomic mass is 10.3. The molecule has 2 rings (SSSR count). The Hall–Kier alpha value is -1.27. The Morgan fingerprint density at radius 2 is 2.24 bits per heavy atom. The quantitative estimate of drug-likeness (QED) is 0.901. The normalized spacial score (nSPS) is 12.9.